The number of hydrogen-bond acceptors (Lipinski definition) is 2. The van der Waals surface area contributed by atoms with Crippen molar-refractivity contribution in [1.82, 2.24) is 9.38 Å². The van der Waals surface area contributed by atoms with Gasteiger partial charge in [-0.1, -0.05) is 6.07 Å². The van der Waals surface area contributed by atoms with Crippen LogP contribution in [0.5, 0.6) is 0 Å². The molecule has 4 nitrogen and oxygen atoms in total. The molecule has 2 heterocycles. The molecule has 66 valence electrons. The molecule has 0 spiro atoms. The summed E-state index contributed by atoms with van der Waals surface area (Å²) in [4.78, 5) is 14.2. The summed E-state index contributed by atoms with van der Waals surface area (Å²) in [7, 11) is 0. The van der Waals surface area contributed by atoms with Gasteiger partial charge in [0.15, 0.2) is 11.6 Å². The summed E-state index contributed by atoms with van der Waals surface area (Å²) in [5.41, 5.74) is 0.118. The molecule has 0 bridgehead atoms. The number of carboxylic acids is 1. The molecule has 0 atom stereocenters. The third kappa shape index (κ3) is 1.05. The van der Waals surface area contributed by atoms with Crippen molar-refractivity contribution < 1.29 is 14.3 Å². The molecule has 2 aromatic rings. The number of halogens is 1. The van der Waals surface area contributed by atoms with Crippen LogP contribution in [0.2, 0.25) is 0 Å². The molecule has 0 saturated carbocycles. The van der Waals surface area contributed by atoms with Crippen molar-refractivity contribution in [3.05, 3.63) is 36.2 Å². The highest BCUT2D eigenvalue weighted by atomic mass is 19.1. The number of aromatic nitrogens is 2. The van der Waals surface area contributed by atoms with Crippen LogP contribution in [0, 0.1) is 5.95 Å². The van der Waals surface area contributed by atoms with E-state index in [4.69, 9.17) is 5.11 Å². The van der Waals surface area contributed by atoms with Gasteiger partial charge < -0.3 is 5.11 Å². The van der Waals surface area contributed by atoms with E-state index in [2.05, 4.69) is 4.98 Å². The standard InChI is InChI=1S/C8H5FN2O2/c9-6-3-1-2-5-7(8(12)13)10-4-11(5)6/h1-4H,(H,12,13). The second-order valence-corrected chi connectivity index (χ2v) is 2.50. The SMILES string of the molecule is O=C(O)c1ncn2c(F)cccc12. The molecule has 0 amide bonds. The topological polar surface area (TPSA) is 54.6 Å². The van der Waals surface area contributed by atoms with Gasteiger partial charge in [-0.3, -0.25) is 4.40 Å². The van der Waals surface area contributed by atoms with Crippen LogP contribution < -0.4 is 0 Å². The molecule has 2 aromatic heterocycles. The Bertz CT molecular complexity index is 478. The first-order valence-corrected chi connectivity index (χ1v) is 3.55. The Balaban J connectivity index is 2.83. The maximum Gasteiger partial charge on any atom is 0.356 e. The Kier molecular flexibility index (Phi) is 1.51. The molecule has 0 aliphatic heterocycles. The molecule has 0 saturated heterocycles. The molecule has 13 heavy (non-hydrogen) atoms. The van der Waals surface area contributed by atoms with E-state index in [1.807, 2.05) is 0 Å². The van der Waals surface area contributed by atoms with Crippen LogP contribution in [0.4, 0.5) is 4.39 Å². The van der Waals surface area contributed by atoms with E-state index >= 15 is 0 Å². The Morgan fingerprint density at radius 1 is 1.54 bits per heavy atom. The second-order valence-electron chi connectivity index (χ2n) is 2.50. The second kappa shape index (κ2) is 2.55. The van der Waals surface area contributed by atoms with Crippen LogP contribution in [-0.4, -0.2) is 20.5 Å². The number of imidazole rings is 1. The third-order valence-corrected chi connectivity index (χ3v) is 1.73. The third-order valence-electron chi connectivity index (χ3n) is 1.73. The monoisotopic (exact) mass is 180 g/mol. The Morgan fingerprint density at radius 2 is 2.31 bits per heavy atom. The average Bonchev–Trinajstić information content (AvgIpc) is 2.48. The minimum absolute atomic E-state index is 0.139. The van der Waals surface area contributed by atoms with E-state index in [-0.39, 0.29) is 11.2 Å². The summed E-state index contributed by atoms with van der Waals surface area (Å²) in [6, 6.07) is 4.18. The van der Waals surface area contributed by atoms with Gasteiger partial charge in [0, 0.05) is 0 Å². The fourth-order valence-electron chi connectivity index (χ4n) is 1.15. The lowest BCUT2D eigenvalue weighted by Gasteiger charge is -1.94. The Labute approximate surface area is 72.3 Å². The summed E-state index contributed by atoms with van der Waals surface area (Å²) in [5, 5.41) is 8.66. The van der Waals surface area contributed by atoms with Crippen molar-refractivity contribution in [2.24, 2.45) is 0 Å². The van der Waals surface area contributed by atoms with Crippen molar-refractivity contribution in [1.29, 1.82) is 0 Å². The zero-order valence-corrected chi connectivity index (χ0v) is 6.44. The van der Waals surface area contributed by atoms with Crippen LogP contribution in [0.15, 0.2) is 24.5 Å². The van der Waals surface area contributed by atoms with Crippen LogP contribution in [-0.2, 0) is 0 Å². The number of rotatable bonds is 1. The molecular weight excluding hydrogens is 175 g/mol. The number of carboxylic acid groups (broad SMARTS) is 1. The first-order chi connectivity index (χ1) is 6.20. The van der Waals surface area contributed by atoms with E-state index in [9.17, 15) is 9.18 Å². The Hall–Kier alpha value is -1.91. The molecule has 0 fully saturated rings. The molecule has 2 rings (SSSR count). The van der Waals surface area contributed by atoms with Crippen molar-refractivity contribution in [2.45, 2.75) is 0 Å². The minimum Gasteiger partial charge on any atom is -0.476 e. The zero-order chi connectivity index (χ0) is 9.42. The van der Waals surface area contributed by atoms with E-state index in [1.54, 1.807) is 0 Å². The number of hydrogen-bond donors (Lipinski definition) is 1. The number of fused-ring (bicyclic) bond motifs is 1. The summed E-state index contributed by atoms with van der Waals surface area (Å²) in [6.45, 7) is 0. The quantitative estimate of drug-likeness (QED) is 0.670. The predicted octanol–water partition coefficient (Wildman–Crippen LogP) is 1.17. The molecule has 0 aliphatic rings. The van der Waals surface area contributed by atoms with E-state index in [0.717, 1.165) is 10.7 Å². The van der Waals surface area contributed by atoms with Gasteiger partial charge in [0.05, 0.1) is 5.52 Å². The zero-order valence-electron chi connectivity index (χ0n) is 6.44. The largest absolute Gasteiger partial charge is 0.476 e. The van der Waals surface area contributed by atoms with Gasteiger partial charge in [-0.15, -0.1) is 0 Å². The smallest absolute Gasteiger partial charge is 0.356 e. The lowest BCUT2D eigenvalue weighted by Crippen LogP contribution is -1.97. The highest BCUT2D eigenvalue weighted by Crippen LogP contribution is 2.10. The van der Waals surface area contributed by atoms with Gasteiger partial charge in [0.2, 0.25) is 0 Å². The van der Waals surface area contributed by atoms with Gasteiger partial charge >= 0.3 is 5.97 Å². The van der Waals surface area contributed by atoms with E-state index in [1.165, 1.54) is 18.2 Å². The minimum atomic E-state index is -1.16. The fourth-order valence-corrected chi connectivity index (χ4v) is 1.15. The van der Waals surface area contributed by atoms with Crippen molar-refractivity contribution in [3.8, 4) is 0 Å². The summed E-state index contributed by atoms with van der Waals surface area (Å²) in [6.07, 6.45) is 1.15. The first-order valence-electron chi connectivity index (χ1n) is 3.55. The molecule has 0 radical (unpaired) electrons. The Morgan fingerprint density at radius 3 is 3.00 bits per heavy atom. The highest BCUT2D eigenvalue weighted by Gasteiger charge is 2.12. The van der Waals surface area contributed by atoms with Gasteiger partial charge in [-0.05, 0) is 12.1 Å². The lowest BCUT2D eigenvalue weighted by molar-refractivity contribution is 0.0693. The van der Waals surface area contributed by atoms with Crippen molar-refractivity contribution >= 4 is 11.5 Å². The average molecular weight is 180 g/mol. The lowest BCUT2D eigenvalue weighted by atomic mass is 10.3. The number of nitrogens with zero attached hydrogens (tertiary/aromatic N) is 2. The van der Waals surface area contributed by atoms with Crippen LogP contribution in [0.1, 0.15) is 10.5 Å². The number of aromatic carboxylic acids is 1. The molecule has 5 heteroatoms. The van der Waals surface area contributed by atoms with E-state index in [0.29, 0.717) is 0 Å². The normalized spacial score (nSPS) is 10.5. The molecule has 1 N–H and O–H groups in total. The van der Waals surface area contributed by atoms with Crippen LogP contribution in [0.3, 0.4) is 0 Å². The summed E-state index contributed by atoms with van der Waals surface area (Å²) >= 11 is 0. The van der Waals surface area contributed by atoms with Crippen LogP contribution in [0.25, 0.3) is 5.52 Å². The van der Waals surface area contributed by atoms with Crippen molar-refractivity contribution in [3.63, 3.8) is 0 Å². The number of carbonyl (C=O) groups is 1. The predicted molar refractivity (Wildman–Crippen MR) is 42.1 cm³/mol. The van der Waals surface area contributed by atoms with Gasteiger partial charge in [-0.2, -0.15) is 4.39 Å². The van der Waals surface area contributed by atoms with Gasteiger partial charge in [-0.25, -0.2) is 9.78 Å². The fraction of sp³-hybridized carbons (Fsp3) is 0. The summed E-state index contributed by atoms with van der Waals surface area (Å²) < 4.78 is 14.1. The molecule has 0 unspecified atom stereocenters. The van der Waals surface area contributed by atoms with Gasteiger partial charge in [0.1, 0.15) is 6.33 Å². The highest BCUT2D eigenvalue weighted by molar-refractivity contribution is 5.93. The maximum atomic E-state index is 13.0. The number of pyridine rings is 1. The molecular formula is C8H5FN2O2. The molecule has 0 aromatic carbocycles. The summed E-state index contributed by atoms with van der Waals surface area (Å²) in [5.74, 6) is -1.69. The first kappa shape index (κ1) is 7.72. The maximum absolute atomic E-state index is 13.0. The van der Waals surface area contributed by atoms with E-state index < -0.39 is 11.9 Å². The molecule has 0 aliphatic carbocycles. The van der Waals surface area contributed by atoms with Crippen LogP contribution >= 0.6 is 0 Å². The van der Waals surface area contributed by atoms with Crippen molar-refractivity contribution in [2.75, 3.05) is 0 Å². The van der Waals surface area contributed by atoms with Gasteiger partial charge in [0.25, 0.3) is 0 Å².